The van der Waals surface area contributed by atoms with Crippen LogP contribution >= 0.6 is 0 Å². The third-order valence-electron chi connectivity index (χ3n) is 3.64. The number of carbonyl (C=O) groups excluding carboxylic acids is 1. The average molecular weight is 274 g/mol. The molecule has 0 radical (unpaired) electrons. The van der Waals surface area contributed by atoms with Crippen molar-refractivity contribution in [1.82, 2.24) is 9.88 Å². The number of nitrogens with one attached hydrogen (secondary N) is 1. The standard InChI is InChI=1S/C15H18N2O3/c1-10-7-17(8-11(9-18)20-10)15(19)13-6-16-14-5-3-2-4-12(13)14/h2-6,10-11,16,18H,7-9H2,1H3. The van der Waals surface area contributed by atoms with Crippen molar-refractivity contribution in [2.75, 3.05) is 19.7 Å². The van der Waals surface area contributed by atoms with Gasteiger partial charge in [-0.25, -0.2) is 0 Å². The lowest BCUT2D eigenvalue weighted by Gasteiger charge is -2.36. The zero-order chi connectivity index (χ0) is 14.1. The van der Waals surface area contributed by atoms with Gasteiger partial charge in [0.25, 0.3) is 5.91 Å². The van der Waals surface area contributed by atoms with E-state index in [9.17, 15) is 9.90 Å². The minimum atomic E-state index is -0.298. The Labute approximate surface area is 117 Å². The van der Waals surface area contributed by atoms with E-state index in [4.69, 9.17) is 4.74 Å². The minimum Gasteiger partial charge on any atom is -0.394 e. The number of carbonyl (C=O) groups is 1. The quantitative estimate of drug-likeness (QED) is 0.869. The van der Waals surface area contributed by atoms with Crippen molar-refractivity contribution in [1.29, 1.82) is 0 Å². The van der Waals surface area contributed by atoms with Crippen LogP contribution in [0.4, 0.5) is 0 Å². The highest BCUT2D eigenvalue weighted by Crippen LogP contribution is 2.21. The number of aliphatic hydroxyl groups excluding tert-OH is 1. The van der Waals surface area contributed by atoms with Crippen molar-refractivity contribution >= 4 is 16.8 Å². The Hall–Kier alpha value is -1.85. The van der Waals surface area contributed by atoms with E-state index in [0.29, 0.717) is 18.7 Å². The van der Waals surface area contributed by atoms with Crippen LogP contribution < -0.4 is 0 Å². The molecule has 1 aromatic heterocycles. The molecule has 3 rings (SSSR count). The summed E-state index contributed by atoms with van der Waals surface area (Å²) < 4.78 is 5.57. The molecule has 106 valence electrons. The molecule has 2 heterocycles. The van der Waals surface area contributed by atoms with Crippen molar-refractivity contribution in [2.45, 2.75) is 19.1 Å². The van der Waals surface area contributed by atoms with E-state index in [-0.39, 0.29) is 24.7 Å². The highest BCUT2D eigenvalue weighted by atomic mass is 16.5. The molecule has 1 saturated heterocycles. The smallest absolute Gasteiger partial charge is 0.256 e. The number of aromatic amines is 1. The summed E-state index contributed by atoms with van der Waals surface area (Å²) >= 11 is 0. The van der Waals surface area contributed by atoms with Crippen LogP contribution in [-0.4, -0.2) is 52.8 Å². The Morgan fingerprint density at radius 3 is 3.05 bits per heavy atom. The van der Waals surface area contributed by atoms with E-state index < -0.39 is 0 Å². The molecular weight excluding hydrogens is 256 g/mol. The Kier molecular flexibility index (Phi) is 3.46. The molecule has 5 nitrogen and oxygen atoms in total. The van der Waals surface area contributed by atoms with E-state index in [0.717, 1.165) is 10.9 Å². The number of ether oxygens (including phenoxy) is 1. The van der Waals surface area contributed by atoms with Gasteiger partial charge in [0.15, 0.2) is 0 Å². The van der Waals surface area contributed by atoms with E-state index in [1.165, 1.54) is 0 Å². The topological polar surface area (TPSA) is 65.6 Å². The number of hydrogen-bond donors (Lipinski definition) is 2. The SMILES string of the molecule is CC1CN(C(=O)c2c[nH]c3ccccc23)CC(CO)O1. The molecule has 1 aromatic carbocycles. The number of morpholine rings is 1. The molecule has 0 saturated carbocycles. The minimum absolute atomic E-state index is 0.0175. The first-order valence-corrected chi connectivity index (χ1v) is 6.80. The van der Waals surface area contributed by atoms with Crippen molar-refractivity contribution < 1.29 is 14.6 Å². The second kappa shape index (κ2) is 5.26. The molecule has 20 heavy (non-hydrogen) atoms. The highest BCUT2D eigenvalue weighted by molar-refractivity contribution is 6.06. The van der Waals surface area contributed by atoms with E-state index in [2.05, 4.69) is 4.98 Å². The summed E-state index contributed by atoms with van der Waals surface area (Å²) in [7, 11) is 0. The van der Waals surface area contributed by atoms with Crippen LogP contribution in [0.2, 0.25) is 0 Å². The number of amides is 1. The molecule has 0 bridgehead atoms. The maximum Gasteiger partial charge on any atom is 0.256 e. The van der Waals surface area contributed by atoms with Gasteiger partial charge in [0, 0.05) is 30.2 Å². The van der Waals surface area contributed by atoms with Gasteiger partial charge in [0.1, 0.15) is 0 Å². The van der Waals surface area contributed by atoms with Gasteiger partial charge in [-0.15, -0.1) is 0 Å². The van der Waals surface area contributed by atoms with Crippen molar-refractivity contribution in [3.8, 4) is 0 Å². The normalized spacial score (nSPS) is 23.2. The number of aliphatic hydroxyl groups is 1. The highest BCUT2D eigenvalue weighted by Gasteiger charge is 2.29. The summed E-state index contributed by atoms with van der Waals surface area (Å²) in [5, 5.41) is 10.2. The van der Waals surface area contributed by atoms with Gasteiger partial charge < -0.3 is 19.7 Å². The van der Waals surface area contributed by atoms with Crippen LogP contribution in [-0.2, 0) is 4.74 Å². The average Bonchev–Trinajstić information content (AvgIpc) is 2.89. The van der Waals surface area contributed by atoms with Crippen molar-refractivity contribution in [2.24, 2.45) is 0 Å². The number of nitrogens with zero attached hydrogens (tertiary/aromatic N) is 1. The van der Waals surface area contributed by atoms with E-state index in [1.54, 1.807) is 11.1 Å². The van der Waals surface area contributed by atoms with Gasteiger partial charge in [-0.2, -0.15) is 0 Å². The monoisotopic (exact) mass is 274 g/mol. The number of H-pyrrole nitrogens is 1. The third kappa shape index (κ3) is 2.30. The molecule has 1 fully saturated rings. The zero-order valence-corrected chi connectivity index (χ0v) is 11.4. The largest absolute Gasteiger partial charge is 0.394 e. The molecule has 5 heteroatoms. The van der Waals surface area contributed by atoms with E-state index in [1.807, 2.05) is 31.2 Å². The number of benzene rings is 1. The predicted molar refractivity (Wildman–Crippen MR) is 75.6 cm³/mol. The Morgan fingerprint density at radius 2 is 2.25 bits per heavy atom. The summed E-state index contributed by atoms with van der Waals surface area (Å²) in [4.78, 5) is 17.5. The summed E-state index contributed by atoms with van der Waals surface area (Å²) in [6.45, 7) is 2.83. The van der Waals surface area contributed by atoms with Crippen LogP contribution in [0.25, 0.3) is 10.9 Å². The number of fused-ring (bicyclic) bond motifs is 1. The van der Waals surface area contributed by atoms with E-state index >= 15 is 0 Å². The second-order valence-electron chi connectivity index (χ2n) is 5.21. The summed E-state index contributed by atoms with van der Waals surface area (Å²) in [5.41, 5.74) is 1.63. The van der Waals surface area contributed by atoms with Gasteiger partial charge in [-0.05, 0) is 13.0 Å². The van der Waals surface area contributed by atoms with Gasteiger partial charge in [-0.3, -0.25) is 4.79 Å². The number of aromatic nitrogens is 1. The van der Waals surface area contributed by atoms with Gasteiger partial charge >= 0.3 is 0 Å². The summed E-state index contributed by atoms with van der Waals surface area (Å²) in [6.07, 6.45) is 1.39. The first kappa shape index (κ1) is 13.1. The molecule has 1 amide bonds. The number of hydrogen-bond acceptors (Lipinski definition) is 3. The fourth-order valence-electron chi connectivity index (χ4n) is 2.73. The summed E-state index contributed by atoms with van der Waals surface area (Å²) in [6, 6.07) is 7.74. The van der Waals surface area contributed by atoms with Crippen LogP contribution in [0.15, 0.2) is 30.5 Å². The van der Waals surface area contributed by atoms with Crippen molar-refractivity contribution in [3.05, 3.63) is 36.0 Å². The number of rotatable bonds is 2. The summed E-state index contributed by atoms with van der Waals surface area (Å²) in [5.74, 6) is -0.0175. The molecule has 2 aromatic rings. The lowest BCUT2D eigenvalue weighted by atomic mass is 10.1. The molecule has 2 unspecified atom stereocenters. The lowest BCUT2D eigenvalue weighted by Crippen LogP contribution is -2.50. The maximum absolute atomic E-state index is 12.7. The van der Waals surface area contributed by atoms with Crippen LogP contribution in [0.1, 0.15) is 17.3 Å². The molecule has 1 aliphatic rings. The van der Waals surface area contributed by atoms with Crippen LogP contribution in [0.3, 0.4) is 0 Å². The molecular formula is C15H18N2O3. The fraction of sp³-hybridized carbons (Fsp3) is 0.400. The Bertz CT molecular complexity index is 622. The maximum atomic E-state index is 12.7. The van der Waals surface area contributed by atoms with Crippen LogP contribution in [0.5, 0.6) is 0 Å². The van der Waals surface area contributed by atoms with Gasteiger partial charge in [0.2, 0.25) is 0 Å². The molecule has 2 N–H and O–H groups in total. The molecule has 0 aliphatic carbocycles. The molecule has 0 spiro atoms. The fourth-order valence-corrected chi connectivity index (χ4v) is 2.73. The predicted octanol–water partition coefficient (Wildman–Crippen LogP) is 1.39. The third-order valence-corrected chi connectivity index (χ3v) is 3.64. The zero-order valence-electron chi connectivity index (χ0n) is 11.4. The Balaban J connectivity index is 1.88. The van der Waals surface area contributed by atoms with Gasteiger partial charge in [-0.1, -0.05) is 18.2 Å². The Morgan fingerprint density at radius 1 is 1.45 bits per heavy atom. The van der Waals surface area contributed by atoms with Crippen molar-refractivity contribution in [3.63, 3.8) is 0 Å². The van der Waals surface area contributed by atoms with Gasteiger partial charge in [0.05, 0.1) is 24.4 Å². The first-order chi connectivity index (χ1) is 9.69. The first-order valence-electron chi connectivity index (χ1n) is 6.80. The molecule has 2 atom stereocenters. The second-order valence-corrected chi connectivity index (χ2v) is 5.21. The number of para-hydroxylation sites is 1. The van der Waals surface area contributed by atoms with Crippen LogP contribution in [0, 0.1) is 0 Å². The molecule has 1 aliphatic heterocycles. The lowest BCUT2D eigenvalue weighted by molar-refractivity contribution is -0.0858.